The van der Waals surface area contributed by atoms with Gasteiger partial charge in [0.15, 0.2) is 0 Å². The molecule has 1 aromatic heterocycles. The maximum atomic E-state index is 5.99. The van der Waals surface area contributed by atoms with E-state index in [0.29, 0.717) is 0 Å². The summed E-state index contributed by atoms with van der Waals surface area (Å²) in [5.74, 6) is 1.53. The quantitative estimate of drug-likeness (QED) is 0.672. The lowest BCUT2D eigenvalue weighted by Crippen LogP contribution is -1.86. The van der Waals surface area contributed by atoms with E-state index in [9.17, 15) is 0 Å². The SMILES string of the molecule is Cc1cc(Oc2ccc(-c3ccon3)cc2)ccc1Cl. The van der Waals surface area contributed by atoms with Crippen molar-refractivity contribution in [3.05, 3.63) is 65.4 Å². The van der Waals surface area contributed by atoms with Crippen molar-refractivity contribution >= 4 is 11.6 Å². The van der Waals surface area contributed by atoms with E-state index in [1.54, 1.807) is 6.26 Å². The Morgan fingerprint density at radius 1 is 1.00 bits per heavy atom. The Bertz CT molecular complexity index is 706. The van der Waals surface area contributed by atoms with Crippen LogP contribution in [0.1, 0.15) is 5.56 Å². The maximum absolute atomic E-state index is 5.99. The fourth-order valence-corrected chi connectivity index (χ4v) is 1.99. The third-order valence-corrected chi connectivity index (χ3v) is 3.38. The third kappa shape index (κ3) is 2.68. The van der Waals surface area contributed by atoms with E-state index >= 15 is 0 Å². The number of halogens is 1. The molecule has 0 saturated carbocycles. The lowest BCUT2D eigenvalue weighted by atomic mass is 10.1. The van der Waals surface area contributed by atoms with Gasteiger partial charge in [-0.25, -0.2) is 0 Å². The highest BCUT2D eigenvalue weighted by atomic mass is 35.5. The molecule has 0 bridgehead atoms. The lowest BCUT2D eigenvalue weighted by Gasteiger charge is -2.07. The molecule has 20 heavy (non-hydrogen) atoms. The first kappa shape index (κ1) is 12.8. The van der Waals surface area contributed by atoms with Crippen molar-refractivity contribution in [1.29, 1.82) is 0 Å². The predicted molar refractivity (Wildman–Crippen MR) is 78.2 cm³/mol. The van der Waals surface area contributed by atoms with Gasteiger partial charge in [0.1, 0.15) is 23.5 Å². The molecule has 0 amide bonds. The van der Waals surface area contributed by atoms with Crippen LogP contribution in [0.25, 0.3) is 11.3 Å². The topological polar surface area (TPSA) is 35.3 Å². The first-order valence-corrected chi connectivity index (χ1v) is 6.55. The molecule has 0 saturated heterocycles. The Morgan fingerprint density at radius 2 is 1.75 bits per heavy atom. The molecular formula is C16H12ClNO2. The van der Waals surface area contributed by atoms with Crippen LogP contribution in [0.15, 0.2) is 59.3 Å². The van der Waals surface area contributed by atoms with Crippen LogP contribution in [0.2, 0.25) is 5.02 Å². The average Bonchev–Trinajstić information content (AvgIpc) is 2.98. The van der Waals surface area contributed by atoms with Crippen molar-refractivity contribution < 1.29 is 9.26 Å². The summed E-state index contributed by atoms with van der Waals surface area (Å²) >= 11 is 5.99. The van der Waals surface area contributed by atoms with E-state index in [0.717, 1.165) is 33.3 Å². The molecule has 1 heterocycles. The molecule has 3 nitrogen and oxygen atoms in total. The number of aromatic nitrogens is 1. The van der Waals surface area contributed by atoms with Crippen molar-refractivity contribution in [2.75, 3.05) is 0 Å². The fraction of sp³-hybridized carbons (Fsp3) is 0.0625. The second-order valence-electron chi connectivity index (χ2n) is 4.42. The molecule has 0 aliphatic heterocycles. The number of nitrogens with zero attached hydrogens (tertiary/aromatic N) is 1. The average molecular weight is 286 g/mol. The second kappa shape index (κ2) is 5.39. The minimum atomic E-state index is 0.735. The van der Waals surface area contributed by atoms with Gasteiger partial charge in [-0.3, -0.25) is 0 Å². The van der Waals surface area contributed by atoms with E-state index < -0.39 is 0 Å². The molecule has 0 spiro atoms. The number of hydrogen-bond acceptors (Lipinski definition) is 3. The van der Waals surface area contributed by atoms with Crippen LogP contribution in [-0.2, 0) is 0 Å². The fourth-order valence-electron chi connectivity index (χ4n) is 1.87. The van der Waals surface area contributed by atoms with E-state index in [4.69, 9.17) is 20.9 Å². The standard InChI is InChI=1S/C16H12ClNO2/c1-11-10-14(6-7-15(11)17)20-13-4-2-12(3-5-13)16-8-9-19-18-16/h2-10H,1H3. The summed E-state index contributed by atoms with van der Waals surface area (Å²) in [6.45, 7) is 1.95. The molecule has 0 aliphatic rings. The summed E-state index contributed by atoms with van der Waals surface area (Å²) in [7, 11) is 0. The monoisotopic (exact) mass is 285 g/mol. The van der Waals surface area contributed by atoms with Gasteiger partial charge in [-0.15, -0.1) is 0 Å². The van der Waals surface area contributed by atoms with Gasteiger partial charge in [-0.2, -0.15) is 0 Å². The summed E-state index contributed by atoms with van der Waals surface area (Å²) in [5, 5.41) is 4.63. The number of ether oxygens (including phenoxy) is 1. The van der Waals surface area contributed by atoms with E-state index in [1.807, 2.05) is 55.5 Å². The summed E-state index contributed by atoms with van der Waals surface area (Å²) < 4.78 is 10.6. The van der Waals surface area contributed by atoms with Crippen LogP contribution in [0.5, 0.6) is 11.5 Å². The number of rotatable bonds is 3. The van der Waals surface area contributed by atoms with Crippen LogP contribution < -0.4 is 4.74 Å². The third-order valence-electron chi connectivity index (χ3n) is 2.95. The number of hydrogen-bond donors (Lipinski definition) is 0. The van der Waals surface area contributed by atoms with Gasteiger partial charge >= 0.3 is 0 Å². The van der Waals surface area contributed by atoms with Gasteiger partial charge in [-0.1, -0.05) is 16.8 Å². The van der Waals surface area contributed by atoms with Crippen LogP contribution in [0.4, 0.5) is 0 Å². The molecule has 0 aliphatic carbocycles. The second-order valence-corrected chi connectivity index (χ2v) is 4.83. The molecule has 0 fully saturated rings. The van der Waals surface area contributed by atoms with Gasteiger partial charge in [0, 0.05) is 16.7 Å². The normalized spacial score (nSPS) is 10.5. The molecule has 0 unspecified atom stereocenters. The minimum absolute atomic E-state index is 0.735. The smallest absolute Gasteiger partial charge is 0.127 e. The highest BCUT2D eigenvalue weighted by Gasteiger charge is 2.03. The minimum Gasteiger partial charge on any atom is -0.457 e. The van der Waals surface area contributed by atoms with Crippen LogP contribution in [0, 0.1) is 6.92 Å². The largest absolute Gasteiger partial charge is 0.457 e. The van der Waals surface area contributed by atoms with Gasteiger partial charge in [-0.05, 0) is 55.0 Å². The zero-order valence-electron chi connectivity index (χ0n) is 10.8. The number of benzene rings is 2. The summed E-state index contributed by atoms with van der Waals surface area (Å²) in [4.78, 5) is 0. The van der Waals surface area contributed by atoms with Crippen molar-refractivity contribution in [2.45, 2.75) is 6.92 Å². The predicted octanol–water partition coefficient (Wildman–Crippen LogP) is 5.10. The van der Waals surface area contributed by atoms with Crippen LogP contribution in [0.3, 0.4) is 0 Å². The summed E-state index contributed by atoms with van der Waals surface area (Å²) in [6, 6.07) is 15.1. The zero-order chi connectivity index (χ0) is 13.9. The molecule has 0 atom stereocenters. The Kier molecular flexibility index (Phi) is 3.44. The molecule has 0 N–H and O–H groups in total. The Hall–Kier alpha value is -2.26. The van der Waals surface area contributed by atoms with E-state index in [-0.39, 0.29) is 0 Å². The molecular weight excluding hydrogens is 274 g/mol. The van der Waals surface area contributed by atoms with E-state index in [2.05, 4.69) is 5.16 Å². The highest BCUT2D eigenvalue weighted by Crippen LogP contribution is 2.27. The lowest BCUT2D eigenvalue weighted by molar-refractivity contribution is 0.422. The zero-order valence-corrected chi connectivity index (χ0v) is 11.6. The van der Waals surface area contributed by atoms with Crippen LogP contribution in [-0.4, -0.2) is 5.16 Å². The Labute approximate surface area is 121 Å². The van der Waals surface area contributed by atoms with Crippen molar-refractivity contribution in [1.82, 2.24) is 5.16 Å². The summed E-state index contributed by atoms with van der Waals surface area (Å²) in [6.07, 6.45) is 1.55. The molecule has 0 radical (unpaired) electrons. The van der Waals surface area contributed by atoms with Crippen LogP contribution >= 0.6 is 11.6 Å². The molecule has 100 valence electrons. The van der Waals surface area contributed by atoms with E-state index in [1.165, 1.54) is 0 Å². The first-order valence-electron chi connectivity index (χ1n) is 6.17. The first-order chi connectivity index (χ1) is 9.72. The van der Waals surface area contributed by atoms with Crippen molar-refractivity contribution in [3.8, 4) is 22.8 Å². The van der Waals surface area contributed by atoms with Gasteiger partial charge in [0.05, 0.1) is 0 Å². The molecule has 2 aromatic carbocycles. The number of aryl methyl sites for hydroxylation is 1. The van der Waals surface area contributed by atoms with Gasteiger partial charge < -0.3 is 9.26 Å². The Morgan fingerprint density at radius 3 is 2.40 bits per heavy atom. The van der Waals surface area contributed by atoms with Crippen molar-refractivity contribution in [3.63, 3.8) is 0 Å². The van der Waals surface area contributed by atoms with Gasteiger partial charge in [0.2, 0.25) is 0 Å². The Balaban J connectivity index is 1.79. The van der Waals surface area contributed by atoms with Crippen molar-refractivity contribution in [2.24, 2.45) is 0 Å². The van der Waals surface area contributed by atoms with Gasteiger partial charge in [0.25, 0.3) is 0 Å². The molecule has 3 aromatic rings. The maximum Gasteiger partial charge on any atom is 0.127 e. The highest BCUT2D eigenvalue weighted by molar-refractivity contribution is 6.31. The molecule has 3 rings (SSSR count). The summed E-state index contributed by atoms with van der Waals surface area (Å²) in [5.41, 5.74) is 2.78. The molecule has 4 heteroatoms.